The molecule has 2 aromatic carbocycles. The molecule has 0 saturated heterocycles. The van der Waals surface area contributed by atoms with Gasteiger partial charge in [0.05, 0.1) is 23.5 Å². The lowest BCUT2D eigenvalue weighted by molar-refractivity contribution is 0.305. The van der Waals surface area contributed by atoms with Crippen LogP contribution in [0.2, 0.25) is 0 Å². The van der Waals surface area contributed by atoms with Crippen LogP contribution in [0.1, 0.15) is 50.7 Å². The van der Waals surface area contributed by atoms with Crippen molar-refractivity contribution in [1.82, 2.24) is 9.97 Å². The van der Waals surface area contributed by atoms with E-state index in [2.05, 4.69) is 69.3 Å². The fourth-order valence-electron chi connectivity index (χ4n) is 4.01. The van der Waals surface area contributed by atoms with E-state index in [1.165, 1.54) is 35.8 Å². The lowest BCUT2D eigenvalue weighted by Gasteiger charge is -2.10. The van der Waals surface area contributed by atoms with Crippen LogP contribution < -0.4 is 4.74 Å². The van der Waals surface area contributed by atoms with E-state index >= 15 is 0 Å². The molecule has 0 bridgehead atoms. The lowest BCUT2D eigenvalue weighted by Crippen LogP contribution is -1.97. The third-order valence-electron chi connectivity index (χ3n) is 5.91. The largest absolute Gasteiger partial charge is 0.494 e. The van der Waals surface area contributed by atoms with Crippen LogP contribution in [0.5, 0.6) is 5.75 Å². The molecule has 0 saturated carbocycles. The Bertz CT molecular complexity index is 1160. The normalized spacial score (nSPS) is 11.1. The number of aryl methyl sites for hydroxylation is 2. The Morgan fingerprint density at radius 3 is 2.31 bits per heavy atom. The highest BCUT2D eigenvalue weighted by Gasteiger charge is 2.09. The molecule has 0 fully saturated rings. The Balaban J connectivity index is 1.49. The third-order valence-corrected chi connectivity index (χ3v) is 5.91. The first-order chi connectivity index (χ1) is 15.7. The third kappa shape index (κ3) is 5.16. The fraction of sp³-hybridized carbons (Fsp3) is 0.310. The van der Waals surface area contributed by atoms with Crippen LogP contribution in [0.4, 0.5) is 0 Å². The molecule has 0 aliphatic heterocycles. The monoisotopic (exact) mass is 424 g/mol. The van der Waals surface area contributed by atoms with Gasteiger partial charge in [0.15, 0.2) is 0 Å². The van der Waals surface area contributed by atoms with Crippen molar-refractivity contribution >= 4 is 10.9 Å². The van der Waals surface area contributed by atoms with Gasteiger partial charge < -0.3 is 4.74 Å². The summed E-state index contributed by atoms with van der Waals surface area (Å²) in [5.41, 5.74) is 7.66. The maximum atomic E-state index is 5.86. The van der Waals surface area contributed by atoms with Crippen LogP contribution in [-0.4, -0.2) is 16.6 Å². The minimum Gasteiger partial charge on any atom is -0.494 e. The van der Waals surface area contributed by atoms with Gasteiger partial charge in [-0.2, -0.15) is 0 Å². The van der Waals surface area contributed by atoms with Crippen molar-refractivity contribution in [3.05, 3.63) is 78.0 Å². The molecule has 32 heavy (non-hydrogen) atoms. The summed E-state index contributed by atoms with van der Waals surface area (Å²) in [4.78, 5) is 9.61. The van der Waals surface area contributed by atoms with Gasteiger partial charge in [-0.3, -0.25) is 4.98 Å². The van der Waals surface area contributed by atoms with Crippen LogP contribution in [0.15, 0.2) is 66.9 Å². The standard InChI is InChI=1S/C29H32N2O/c1-4-6-7-8-17-32-25-13-10-23(11-14-25)24-12-16-28(30-20-24)29-19-22(5-2)26-18-21(3)9-15-27(26)31-29/h9-16,18-20H,4-8,17H2,1-3H3. The quantitative estimate of drug-likeness (QED) is 0.257. The maximum absolute atomic E-state index is 5.86. The first-order valence-electron chi connectivity index (χ1n) is 11.8. The molecule has 0 aliphatic rings. The minimum absolute atomic E-state index is 0.785. The minimum atomic E-state index is 0.785. The van der Waals surface area contributed by atoms with Crippen LogP contribution >= 0.6 is 0 Å². The molecule has 3 nitrogen and oxygen atoms in total. The first-order valence-corrected chi connectivity index (χ1v) is 11.8. The van der Waals surface area contributed by atoms with Gasteiger partial charge in [0.25, 0.3) is 0 Å². The van der Waals surface area contributed by atoms with Crippen molar-refractivity contribution in [2.75, 3.05) is 6.61 Å². The molecule has 164 valence electrons. The molecule has 2 aromatic heterocycles. The van der Waals surface area contributed by atoms with Crippen molar-refractivity contribution in [1.29, 1.82) is 0 Å². The lowest BCUT2D eigenvalue weighted by atomic mass is 10.0. The summed E-state index contributed by atoms with van der Waals surface area (Å²) in [5.74, 6) is 0.928. The molecule has 0 atom stereocenters. The van der Waals surface area contributed by atoms with E-state index < -0.39 is 0 Å². The predicted octanol–water partition coefficient (Wildman–Crippen LogP) is 7.79. The molecule has 3 heteroatoms. The summed E-state index contributed by atoms with van der Waals surface area (Å²) in [6, 6.07) is 21.1. The second kappa shape index (κ2) is 10.4. The van der Waals surface area contributed by atoms with Gasteiger partial charge in [0.1, 0.15) is 5.75 Å². The SMILES string of the molecule is CCCCCCOc1ccc(-c2ccc(-c3cc(CC)c4cc(C)ccc4n3)nc2)cc1. The van der Waals surface area contributed by atoms with Crippen molar-refractivity contribution in [3.63, 3.8) is 0 Å². The van der Waals surface area contributed by atoms with Gasteiger partial charge in [0, 0.05) is 17.1 Å². The molecule has 0 N–H and O–H groups in total. The summed E-state index contributed by atoms with van der Waals surface area (Å²) < 4.78 is 5.86. The number of fused-ring (bicyclic) bond motifs is 1. The van der Waals surface area contributed by atoms with Crippen molar-refractivity contribution in [2.24, 2.45) is 0 Å². The molecule has 4 aromatic rings. The molecule has 0 unspecified atom stereocenters. The van der Waals surface area contributed by atoms with Gasteiger partial charge >= 0.3 is 0 Å². The second-order valence-electron chi connectivity index (χ2n) is 8.41. The number of nitrogens with zero attached hydrogens (tertiary/aromatic N) is 2. The molecule has 0 radical (unpaired) electrons. The first kappa shape index (κ1) is 22.0. The number of hydrogen-bond acceptors (Lipinski definition) is 3. The van der Waals surface area contributed by atoms with Crippen LogP contribution in [0.3, 0.4) is 0 Å². The zero-order chi connectivity index (χ0) is 22.3. The maximum Gasteiger partial charge on any atom is 0.119 e. The predicted molar refractivity (Wildman–Crippen MR) is 134 cm³/mol. The number of aromatic nitrogens is 2. The van der Waals surface area contributed by atoms with Crippen molar-refractivity contribution in [2.45, 2.75) is 52.9 Å². The smallest absolute Gasteiger partial charge is 0.119 e. The summed E-state index contributed by atoms with van der Waals surface area (Å²) in [6.07, 6.45) is 7.78. The Hall–Kier alpha value is -3.20. The Morgan fingerprint density at radius 2 is 1.59 bits per heavy atom. The van der Waals surface area contributed by atoms with Crippen LogP contribution in [0, 0.1) is 6.92 Å². The summed E-state index contributed by atoms with van der Waals surface area (Å²) in [6.45, 7) is 7.32. The van der Waals surface area contributed by atoms with E-state index in [0.717, 1.165) is 53.2 Å². The van der Waals surface area contributed by atoms with Gasteiger partial charge in [-0.05, 0) is 67.3 Å². The van der Waals surface area contributed by atoms with Gasteiger partial charge in [-0.25, -0.2) is 4.98 Å². The average Bonchev–Trinajstić information content (AvgIpc) is 2.84. The van der Waals surface area contributed by atoms with Gasteiger partial charge in [-0.15, -0.1) is 0 Å². The number of pyridine rings is 2. The zero-order valence-electron chi connectivity index (χ0n) is 19.4. The topological polar surface area (TPSA) is 35.0 Å². The van der Waals surface area contributed by atoms with Gasteiger partial charge in [-0.1, -0.05) is 62.9 Å². The number of ether oxygens (including phenoxy) is 1. The van der Waals surface area contributed by atoms with E-state index in [4.69, 9.17) is 14.7 Å². The van der Waals surface area contributed by atoms with Crippen molar-refractivity contribution < 1.29 is 4.74 Å². The summed E-state index contributed by atoms with van der Waals surface area (Å²) >= 11 is 0. The second-order valence-corrected chi connectivity index (χ2v) is 8.41. The number of unbranched alkanes of at least 4 members (excludes halogenated alkanes) is 3. The molecular formula is C29H32N2O. The number of benzene rings is 2. The number of rotatable bonds is 9. The van der Waals surface area contributed by atoms with Crippen molar-refractivity contribution in [3.8, 4) is 28.3 Å². The Morgan fingerprint density at radius 1 is 0.781 bits per heavy atom. The van der Waals surface area contributed by atoms with E-state index in [1.54, 1.807) is 0 Å². The fourth-order valence-corrected chi connectivity index (χ4v) is 4.01. The van der Waals surface area contributed by atoms with E-state index in [0.29, 0.717) is 0 Å². The highest BCUT2D eigenvalue weighted by molar-refractivity contribution is 5.85. The van der Waals surface area contributed by atoms with E-state index in [9.17, 15) is 0 Å². The highest BCUT2D eigenvalue weighted by Crippen LogP contribution is 2.27. The molecule has 4 rings (SSSR count). The number of hydrogen-bond donors (Lipinski definition) is 0. The Labute approximate surface area is 191 Å². The van der Waals surface area contributed by atoms with Crippen LogP contribution in [-0.2, 0) is 6.42 Å². The average molecular weight is 425 g/mol. The van der Waals surface area contributed by atoms with E-state index in [-0.39, 0.29) is 0 Å². The molecule has 0 amide bonds. The zero-order valence-corrected chi connectivity index (χ0v) is 19.4. The summed E-state index contributed by atoms with van der Waals surface area (Å²) in [7, 11) is 0. The summed E-state index contributed by atoms with van der Waals surface area (Å²) in [5, 5.41) is 1.24. The molecular weight excluding hydrogens is 392 g/mol. The molecule has 2 heterocycles. The van der Waals surface area contributed by atoms with Crippen LogP contribution in [0.25, 0.3) is 33.4 Å². The van der Waals surface area contributed by atoms with E-state index in [1.807, 2.05) is 18.3 Å². The van der Waals surface area contributed by atoms with Gasteiger partial charge in [0.2, 0.25) is 0 Å². The Kier molecular flexibility index (Phi) is 7.16. The molecule has 0 spiro atoms. The molecule has 0 aliphatic carbocycles. The highest BCUT2D eigenvalue weighted by atomic mass is 16.5.